The van der Waals surface area contributed by atoms with Gasteiger partial charge in [-0.2, -0.15) is 0 Å². The molecule has 2 unspecified atom stereocenters. The number of benzene rings is 3. The highest BCUT2D eigenvalue weighted by molar-refractivity contribution is 6.30. The third kappa shape index (κ3) is 5.51. The van der Waals surface area contributed by atoms with Crippen molar-refractivity contribution in [3.8, 4) is 11.5 Å². The van der Waals surface area contributed by atoms with Crippen LogP contribution in [0.15, 0.2) is 60.7 Å². The SMILES string of the molecule is CCC(C)Oc1cc2c(cc1OC)CC(=O)N(c1ccc(C(=O)N(CC)CC)cc1)C2c1ccc(Cl)cc1. The Morgan fingerprint density at radius 2 is 1.68 bits per heavy atom. The zero-order chi connectivity index (χ0) is 27.4. The Hall–Kier alpha value is -3.51. The fourth-order valence-electron chi connectivity index (χ4n) is 4.83. The van der Waals surface area contributed by atoms with E-state index in [1.165, 1.54) is 0 Å². The predicted molar refractivity (Wildman–Crippen MR) is 152 cm³/mol. The Balaban J connectivity index is 1.83. The van der Waals surface area contributed by atoms with Crippen molar-refractivity contribution in [3.05, 3.63) is 87.9 Å². The second kappa shape index (κ2) is 11.9. The lowest BCUT2D eigenvalue weighted by Crippen LogP contribution is -2.41. The molecule has 0 aliphatic carbocycles. The number of fused-ring (bicyclic) bond motifs is 1. The summed E-state index contributed by atoms with van der Waals surface area (Å²) in [5.41, 5.74) is 4.10. The van der Waals surface area contributed by atoms with Gasteiger partial charge in [-0.15, -0.1) is 0 Å². The minimum atomic E-state index is -0.405. The molecule has 0 saturated heterocycles. The van der Waals surface area contributed by atoms with E-state index in [-0.39, 0.29) is 24.3 Å². The van der Waals surface area contributed by atoms with Gasteiger partial charge in [-0.1, -0.05) is 30.7 Å². The number of rotatable bonds is 9. The molecule has 38 heavy (non-hydrogen) atoms. The third-order valence-electron chi connectivity index (χ3n) is 7.12. The number of amides is 2. The fourth-order valence-corrected chi connectivity index (χ4v) is 4.96. The van der Waals surface area contributed by atoms with Crippen LogP contribution in [-0.4, -0.2) is 43.0 Å². The van der Waals surface area contributed by atoms with E-state index >= 15 is 0 Å². The molecular formula is C31H35ClN2O4. The van der Waals surface area contributed by atoms with Crippen molar-refractivity contribution >= 4 is 29.1 Å². The Morgan fingerprint density at radius 3 is 2.26 bits per heavy atom. The zero-order valence-electron chi connectivity index (χ0n) is 22.7. The van der Waals surface area contributed by atoms with Crippen molar-refractivity contribution in [1.82, 2.24) is 4.90 Å². The molecule has 0 fully saturated rings. The fraction of sp³-hybridized carbons (Fsp3) is 0.355. The van der Waals surface area contributed by atoms with Gasteiger partial charge < -0.3 is 19.3 Å². The highest BCUT2D eigenvalue weighted by atomic mass is 35.5. The summed E-state index contributed by atoms with van der Waals surface area (Å²) in [7, 11) is 1.61. The molecule has 3 aromatic carbocycles. The molecule has 7 heteroatoms. The van der Waals surface area contributed by atoms with E-state index in [0.29, 0.717) is 35.2 Å². The van der Waals surface area contributed by atoms with Gasteiger partial charge in [0.25, 0.3) is 5.91 Å². The zero-order valence-corrected chi connectivity index (χ0v) is 23.4. The maximum Gasteiger partial charge on any atom is 0.253 e. The van der Waals surface area contributed by atoms with Crippen LogP contribution in [0, 0.1) is 0 Å². The number of nitrogens with zero attached hydrogens (tertiary/aromatic N) is 2. The van der Waals surface area contributed by atoms with Gasteiger partial charge in [-0.25, -0.2) is 0 Å². The van der Waals surface area contributed by atoms with Crippen molar-refractivity contribution in [1.29, 1.82) is 0 Å². The number of halogens is 1. The lowest BCUT2D eigenvalue weighted by Gasteiger charge is -2.38. The normalized spacial score (nSPS) is 15.6. The van der Waals surface area contributed by atoms with Gasteiger partial charge >= 0.3 is 0 Å². The van der Waals surface area contributed by atoms with E-state index in [2.05, 4.69) is 6.92 Å². The Bertz CT molecular complexity index is 1290. The summed E-state index contributed by atoms with van der Waals surface area (Å²) in [6.07, 6.45) is 1.08. The van der Waals surface area contributed by atoms with E-state index in [0.717, 1.165) is 28.8 Å². The quantitative estimate of drug-likeness (QED) is 0.307. The van der Waals surface area contributed by atoms with E-state index in [1.807, 2.05) is 69.3 Å². The van der Waals surface area contributed by atoms with E-state index in [9.17, 15) is 9.59 Å². The molecule has 4 rings (SSSR count). The number of hydrogen-bond acceptors (Lipinski definition) is 4. The number of ether oxygens (including phenoxy) is 2. The van der Waals surface area contributed by atoms with Gasteiger partial charge in [0, 0.05) is 29.4 Å². The van der Waals surface area contributed by atoms with Crippen molar-refractivity contribution in [2.75, 3.05) is 25.1 Å². The van der Waals surface area contributed by atoms with Crippen molar-refractivity contribution in [2.45, 2.75) is 52.7 Å². The maximum absolute atomic E-state index is 13.7. The number of hydrogen-bond donors (Lipinski definition) is 0. The maximum atomic E-state index is 13.7. The van der Waals surface area contributed by atoms with E-state index in [1.54, 1.807) is 29.0 Å². The van der Waals surface area contributed by atoms with Gasteiger partial charge in [-0.05, 0) is 92.4 Å². The van der Waals surface area contributed by atoms with Crippen LogP contribution in [0.25, 0.3) is 0 Å². The summed E-state index contributed by atoms with van der Waals surface area (Å²) in [4.78, 5) is 30.1. The minimum Gasteiger partial charge on any atom is -0.493 e. The van der Waals surface area contributed by atoms with Crippen molar-refractivity contribution in [3.63, 3.8) is 0 Å². The average Bonchev–Trinajstić information content (AvgIpc) is 2.93. The highest BCUT2D eigenvalue weighted by Crippen LogP contribution is 2.43. The molecule has 0 saturated carbocycles. The number of methoxy groups -OCH3 is 1. The van der Waals surface area contributed by atoms with Gasteiger partial charge in [0.2, 0.25) is 5.91 Å². The summed E-state index contributed by atoms with van der Waals surface area (Å²) in [5.74, 6) is 1.19. The van der Waals surface area contributed by atoms with Crippen LogP contribution < -0.4 is 14.4 Å². The van der Waals surface area contributed by atoms with Crippen LogP contribution in [0.1, 0.15) is 67.2 Å². The molecule has 1 aliphatic rings. The van der Waals surface area contributed by atoms with Crippen LogP contribution in [0.4, 0.5) is 5.69 Å². The Kier molecular flexibility index (Phi) is 8.62. The topological polar surface area (TPSA) is 59.1 Å². The average molecular weight is 535 g/mol. The minimum absolute atomic E-state index is 0.00754. The Labute approximate surface area is 230 Å². The largest absolute Gasteiger partial charge is 0.493 e. The first kappa shape index (κ1) is 27.5. The highest BCUT2D eigenvalue weighted by Gasteiger charge is 2.36. The number of carbonyl (C=O) groups is 2. The van der Waals surface area contributed by atoms with Gasteiger partial charge in [0.1, 0.15) is 0 Å². The first-order valence-electron chi connectivity index (χ1n) is 13.1. The molecule has 0 aromatic heterocycles. The van der Waals surface area contributed by atoms with Gasteiger partial charge in [0.05, 0.1) is 25.7 Å². The van der Waals surface area contributed by atoms with Gasteiger partial charge in [-0.3, -0.25) is 9.59 Å². The number of carbonyl (C=O) groups excluding carboxylic acids is 2. The van der Waals surface area contributed by atoms with E-state index in [4.69, 9.17) is 21.1 Å². The molecule has 3 aromatic rings. The molecule has 0 radical (unpaired) electrons. The second-order valence-corrected chi connectivity index (χ2v) is 9.89. The second-order valence-electron chi connectivity index (χ2n) is 9.46. The molecular weight excluding hydrogens is 500 g/mol. The molecule has 2 amide bonds. The lowest BCUT2D eigenvalue weighted by molar-refractivity contribution is -0.118. The predicted octanol–water partition coefficient (Wildman–Crippen LogP) is 6.69. The summed E-state index contributed by atoms with van der Waals surface area (Å²) in [6, 6.07) is 18.4. The number of anilines is 1. The van der Waals surface area contributed by atoms with Crippen LogP contribution in [-0.2, 0) is 11.2 Å². The summed E-state index contributed by atoms with van der Waals surface area (Å²) < 4.78 is 11.8. The Morgan fingerprint density at radius 1 is 1.03 bits per heavy atom. The smallest absolute Gasteiger partial charge is 0.253 e. The molecule has 2 atom stereocenters. The molecule has 0 N–H and O–H groups in total. The lowest BCUT2D eigenvalue weighted by atomic mass is 9.86. The van der Waals surface area contributed by atoms with Crippen LogP contribution in [0.2, 0.25) is 5.02 Å². The van der Waals surface area contributed by atoms with Crippen molar-refractivity contribution in [2.24, 2.45) is 0 Å². The van der Waals surface area contributed by atoms with Crippen LogP contribution in [0.3, 0.4) is 0 Å². The molecule has 0 spiro atoms. The third-order valence-corrected chi connectivity index (χ3v) is 7.37. The summed E-state index contributed by atoms with van der Waals surface area (Å²) in [6.45, 7) is 9.30. The van der Waals surface area contributed by atoms with Crippen LogP contribution in [0.5, 0.6) is 11.5 Å². The van der Waals surface area contributed by atoms with E-state index < -0.39 is 6.04 Å². The molecule has 6 nitrogen and oxygen atoms in total. The van der Waals surface area contributed by atoms with Gasteiger partial charge in [0.15, 0.2) is 11.5 Å². The van der Waals surface area contributed by atoms with Crippen molar-refractivity contribution < 1.29 is 19.1 Å². The molecule has 200 valence electrons. The monoisotopic (exact) mass is 534 g/mol. The summed E-state index contributed by atoms with van der Waals surface area (Å²) >= 11 is 6.21. The first-order valence-corrected chi connectivity index (χ1v) is 13.5. The standard InChI is InChI=1S/C31H35ClN2O4/c1-6-20(4)38-28-19-26-23(17-27(28)37-5)18-29(35)34(30(26)21-9-13-24(32)14-10-21)25-15-11-22(12-16-25)31(36)33(7-2)8-3/h9-17,19-20,30H,6-8,18H2,1-5H3. The molecule has 1 aliphatic heterocycles. The first-order chi connectivity index (χ1) is 18.3. The molecule has 1 heterocycles. The van der Waals surface area contributed by atoms with Crippen LogP contribution >= 0.6 is 11.6 Å². The molecule has 0 bridgehead atoms. The summed E-state index contributed by atoms with van der Waals surface area (Å²) in [5, 5.41) is 0.623.